The predicted octanol–water partition coefficient (Wildman–Crippen LogP) is 2.85. The number of benzene rings is 1. The summed E-state index contributed by atoms with van der Waals surface area (Å²) in [6.07, 6.45) is 0.155. The van der Waals surface area contributed by atoms with Crippen molar-refractivity contribution >= 4 is 11.6 Å². The highest BCUT2D eigenvalue weighted by Gasteiger charge is 2.04. The van der Waals surface area contributed by atoms with Crippen LogP contribution in [0.15, 0.2) is 18.2 Å². The molecule has 78 valence electrons. The van der Waals surface area contributed by atoms with Crippen LogP contribution in [0.5, 0.6) is 5.75 Å². The van der Waals surface area contributed by atoms with Gasteiger partial charge in [-0.15, -0.1) is 0 Å². The Balaban J connectivity index is 2.79. The van der Waals surface area contributed by atoms with Crippen LogP contribution in [0.2, 0.25) is 5.02 Å². The average Bonchev–Trinajstić information content (AvgIpc) is 2.10. The first-order valence-electron chi connectivity index (χ1n) is 4.73. The van der Waals surface area contributed by atoms with E-state index in [1.165, 1.54) is 0 Å². The molecule has 0 spiro atoms. The van der Waals surface area contributed by atoms with E-state index in [0.717, 1.165) is 17.9 Å². The summed E-state index contributed by atoms with van der Waals surface area (Å²) < 4.78 is 5.53. The molecule has 0 fully saturated rings. The molecule has 14 heavy (non-hydrogen) atoms. The molecule has 0 heterocycles. The van der Waals surface area contributed by atoms with Crippen LogP contribution in [0.1, 0.15) is 19.4 Å². The normalized spacial score (nSPS) is 10.6. The van der Waals surface area contributed by atoms with Gasteiger partial charge in [0.2, 0.25) is 0 Å². The molecule has 1 aromatic carbocycles. The molecule has 0 aliphatic heterocycles. The van der Waals surface area contributed by atoms with Crippen LogP contribution in [-0.4, -0.2) is 13.2 Å². The van der Waals surface area contributed by atoms with E-state index in [2.05, 4.69) is 5.32 Å². The summed E-state index contributed by atoms with van der Waals surface area (Å²) >= 11 is 6.06. The standard InChI is InChI=1S/C11H16ClNO/c1-8(2)14-11-5-4-9(7-13-3)6-10(11)12/h4-6,8,13H,7H2,1-3H3. The summed E-state index contributed by atoms with van der Waals surface area (Å²) in [6, 6.07) is 5.85. The summed E-state index contributed by atoms with van der Waals surface area (Å²) in [5, 5.41) is 3.74. The Morgan fingerprint density at radius 2 is 2.14 bits per heavy atom. The van der Waals surface area contributed by atoms with Crippen LogP contribution in [0, 0.1) is 0 Å². The molecule has 0 aromatic heterocycles. The van der Waals surface area contributed by atoms with Gasteiger partial charge < -0.3 is 10.1 Å². The van der Waals surface area contributed by atoms with Crippen LogP contribution in [0.25, 0.3) is 0 Å². The fraction of sp³-hybridized carbons (Fsp3) is 0.455. The first kappa shape index (κ1) is 11.3. The molecule has 3 heteroatoms. The molecular weight excluding hydrogens is 198 g/mol. The summed E-state index contributed by atoms with van der Waals surface area (Å²) in [5.74, 6) is 0.751. The number of halogens is 1. The van der Waals surface area contributed by atoms with E-state index in [4.69, 9.17) is 16.3 Å². The maximum atomic E-state index is 6.06. The lowest BCUT2D eigenvalue weighted by Gasteiger charge is -2.12. The van der Waals surface area contributed by atoms with E-state index >= 15 is 0 Å². The monoisotopic (exact) mass is 213 g/mol. The highest BCUT2D eigenvalue weighted by molar-refractivity contribution is 6.32. The fourth-order valence-corrected chi connectivity index (χ4v) is 1.46. The summed E-state index contributed by atoms with van der Waals surface area (Å²) in [7, 11) is 1.91. The van der Waals surface area contributed by atoms with Gasteiger partial charge in [-0.2, -0.15) is 0 Å². The van der Waals surface area contributed by atoms with Crippen molar-refractivity contribution in [1.29, 1.82) is 0 Å². The van der Waals surface area contributed by atoms with Crippen LogP contribution in [0.3, 0.4) is 0 Å². The molecule has 0 aliphatic rings. The van der Waals surface area contributed by atoms with Gasteiger partial charge in [0, 0.05) is 6.54 Å². The van der Waals surface area contributed by atoms with Gasteiger partial charge in [-0.25, -0.2) is 0 Å². The minimum atomic E-state index is 0.155. The van der Waals surface area contributed by atoms with Gasteiger partial charge >= 0.3 is 0 Å². The van der Waals surface area contributed by atoms with Crippen molar-refractivity contribution in [3.05, 3.63) is 28.8 Å². The van der Waals surface area contributed by atoms with Crippen molar-refractivity contribution in [2.75, 3.05) is 7.05 Å². The lowest BCUT2D eigenvalue weighted by atomic mass is 10.2. The lowest BCUT2D eigenvalue weighted by molar-refractivity contribution is 0.242. The molecule has 2 nitrogen and oxygen atoms in total. The quantitative estimate of drug-likeness (QED) is 0.831. The second-order valence-corrected chi connectivity index (χ2v) is 3.87. The van der Waals surface area contributed by atoms with Gasteiger partial charge in [-0.05, 0) is 38.6 Å². The molecule has 1 N–H and O–H groups in total. The maximum absolute atomic E-state index is 6.06. The Kier molecular flexibility index (Phi) is 4.23. The molecule has 0 radical (unpaired) electrons. The van der Waals surface area contributed by atoms with Crippen LogP contribution in [-0.2, 0) is 6.54 Å². The first-order valence-corrected chi connectivity index (χ1v) is 5.11. The molecule has 0 bridgehead atoms. The molecule has 1 rings (SSSR count). The Morgan fingerprint density at radius 1 is 1.43 bits per heavy atom. The maximum Gasteiger partial charge on any atom is 0.138 e. The first-order chi connectivity index (χ1) is 6.63. The van der Waals surface area contributed by atoms with E-state index < -0.39 is 0 Å². The minimum Gasteiger partial charge on any atom is -0.489 e. The third kappa shape index (κ3) is 3.20. The minimum absolute atomic E-state index is 0.155. The second kappa shape index (κ2) is 5.23. The highest BCUT2D eigenvalue weighted by Crippen LogP contribution is 2.26. The van der Waals surface area contributed by atoms with Crippen LogP contribution >= 0.6 is 11.6 Å². The largest absolute Gasteiger partial charge is 0.489 e. The zero-order valence-electron chi connectivity index (χ0n) is 8.80. The van der Waals surface area contributed by atoms with Crippen molar-refractivity contribution in [2.24, 2.45) is 0 Å². The van der Waals surface area contributed by atoms with Crippen molar-refractivity contribution < 1.29 is 4.74 Å². The van der Waals surface area contributed by atoms with Gasteiger partial charge in [0.25, 0.3) is 0 Å². The third-order valence-electron chi connectivity index (χ3n) is 1.74. The predicted molar refractivity (Wildman–Crippen MR) is 60.0 cm³/mol. The summed E-state index contributed by atoms with van der Waals surface area (Å²) in [5.41, 5.74) is 1.16. The van der Waals surface area contributed by atoms with Gasteiger partial charge in [0.1, 0.15) is 5.75 Å². The SMILES string of the molecule is CNCc1ccc(OC(C)C)c(Cl)c1. The zero-order valence-corrected chi connectivity index (χ0v) is 9.56. The van der Waals surface area contributed by atoms with E-state index in [1.807, 2.05) is 39.1 Å². The Hall–Kier alpha value is -0.730. The molecule has 0 saturated carbocycles. The molecular formula is C11H16ClNO. The summed E-state index contributed by atoms with van der Waals surface area (Å²) in [6.45, 7) is 4.79. The van der Waals surface area contributed by atoms with Crippen molar-refractivity contribution in [3.63, 3.8) is 0 Å². The number of hydrogen-bond acceptors (Lipinski definition) is 2. The van der Waals surface area contributed by atoms with Crippen molar-refractivity contribution in [3.8, 4) is 5.75 Å². The Bertz CT molecular complexity index is 299. The highest BCUT2D eigenvalue weighted by atomic mass is 35.5. The number of hydrogen-bond donors (Lipinski definition) is 1. The van der Waals surface area contributed by atoms with Gasteiger partial charge in [-0.3, -0.25) is 0 Å². The average molecular weight is 214 g/mol. The molecule has 0 amide bonds. The fourth-order valence-electron chi connectivity index (χ4n) is 1.21. The van der Waals surface area contributed by atoms with Crippen LogP contribution < -0.4 is 10.1 Å². The second-order valence-electron chi connectivity index (χ2n) is 3.46. The van der Waals surface area contributed by atoms with Gasteiger partial charge in [-0.1, -0.05) is 17.7 Å². The van der Waals surface area contributed by atoms with Gasteiger partial charge in [0.15, 0.2) is 0 Å². The topological polar surface area (TPSA) is 21.3 Å². The molecule has 1 aromatic rings. The summed E-state index contributed by atoms with van der Waals surface area (Å²) in [4.78, 5) is 0. The van der Waals surface area contributed by atoms with E-state index in [1.54, 1.807) is 0 Å². The van der Waals surface area contributed by atoms with E-state index in [-0.39, 0.29) is 6.10 Å². The molecule has 0 aliphatic carbocycles. The van der Waals surface area contributed by atoms with Crippen LogP contribution in [0.4, 0.5) is 0 Å². The Morgan fingerprint density at radius 3 is 2.64 bits per heavy atom. The molecule has 0 unspecified atom stereocenters. The van der Waals surface area contributed by atoms with Crippen molar-refractivity contribution in [1.82, 2.24) is 5.32 Å². The Labute approximate surface area is 90.2 Å². The number of rotatable bonds is 4. The zero-order chi connectivity index (χ0) is 10.6. The van der Waals surface area contributed by atoms with Crippen molar-refractivity contribution in [2.45, 2.75) is 26.5 Å². The van der Waals surface area contributed by atoms with Gasteiger partial charge in [0.05, 0.1) is 11.1 Å². The molecule has 0 saturated heterocycles. The van der Waals surface area contributed by atoms with E-state index in [9.17, 15) is 0 Å². The van der Waals surface area contributed by atoms with E-state index in [0.29, 0.717) is 5.02 Å². The molecule has 0 atom stereocenters. The number of ether oxygens (including phenoxy) is 1. The third-order valence-corrected chi connectivity index (χ3v) is 2.04. The smallest absolute Gasteiger partial charge is 0.138 e. The lowest BCUT2D eigenvalue weighted by Crippen LogP contribution is -2.07. The number of nitrogens with one attached hydrogen (secondary N) is 1.